The van der Waals surface area contributed by atoms with Gasteiger partial charge in [-0.3, -0.25) is 4.90 Å². The molecule has 2 aliphatic heterocycles. The first-order valence-electron chi connectivity index (χ1n) is 7.71. The van der Waals surface area contributed by atoms with Gasteiger partial charge in [0.1, 0.15) is 16.8 Å². The fourth-order valence-electron chi connectivity index (χ4n) is 3.44. The first kappa shape index (κ1) is 14.1. The van der Waals surface area contributed by atoms with Crippen LogP contribution in [0, 0.1) is 0 Å². The summed E-state index contributed by atoms with van der Waals surface area (Å²) in [5.74, 6) is 1.88. The number of aromatic nitrogens is 2. The normalized spacial score (nSPS) is 26.9. The van der Waals surface area contributed by atoms with Gasteiger partial charge in [0.05, 0.1) is 0 Å². The quantitative estimate of drug-likeness (QED) is 0.803. The Balaban J connectivity index is 1.84. The number of fused-ring (bicyclic) bond motifs is 1. The number of nitrogens with zero attached hydrogens (tertiary/aromatic N) is 4. The summed E-state index contributed by atoms with van der Waals surface area (Å²) < 4.78 is 0. The number of rotatable bonds is 3. The van der Waals surface area contributed by atoms with Gasteiger partial charge in [-0.25, -0.2) is 9.97 Å². The van der Waals surface area contributed by atoms with Crippen molar-refractivity contribution in [2.45, 2.75) is 51.6 Å². The van der Waals surface area contributed by atoms with Crippen LogP contribution in [-0.4, -0.2) is 46.6 Å². The van der Waals surface area contributed by atoms with E-state index >= 15 is 0 Å². The van der Waals surface area contributed by atoms with E-state index < -0.39 is 0 Å². The lowest BCUT2D eigenvalue weighted by molar-refractivity contribution is 0.202. The summed E-state index contributed by atoms with van der Waals surface area (Å²) in [6.45, 7) is 7.89. The molecular formula is C15H23ClN4. The molecule has 20 heavy (non-hydrogen) atoms. The number of piperazine rings is 1. The summed E-state index contributed by atoms with van der Waals surface area (Å²) in [7, 11) is 0. The molecule has 0 aliphatic carbocycles. The third-order valence-electron chi connectivity index (χ3n) is 4.43. The highest BCUT2D eigenvalue weighted by Crippen LogP contribution is 2.28. The third kappa shape index (κ3) is 2.77. The van der Waals surface area contributed by atoms with Gasteiger partial charge in [-0.2, -0.15) is 0 Å². The molecule has 110 valence electrons. The molecule has 4 nitrogen and oxygen atoms in total. The molecule has 2 unspecified atom stereocenters. The molecule has 0 aromatic carbocycles. The second kappa shape index (κ2) is 5.86. The molecular weight excluding hydrogens is 272 g/mol. The minimum Gasteiger partial charge on any atom is -0.351 e. The molecule has 0 bridgehead atoms. The van der Waals surface area contributed by atoms with Gasteiger partial charge in [0, 0.05) is 37.7 Å². The van der Waals surface area contributed by atoms with Crippen LogP contribution < -0.4 is 4.90 Å². The molecule has 2 fully saturated rings. The molecule has 0 radical (unpaired) electrons. The highest BCUT2D eigenvalue weighted by atomic mass is 35.5. The van der Waals surface area contributed by atoms with E-state index in [4.69, 9.17) is 16.6 Å². The first-order valence-corrected chi connectivity index (χ1v) is 8.09. The maximum Gasteiger partial charge on any atom is 0.134 e. The van der Waals surface area contributed by atoms with Gasteiger partial charge in [-0.05, 0) is 32.7 Å². The molecule has 0 saturated carbocycles. The molecule has 2 aliphatic rings. The van der Waals surface area contributed by atoms with Crippen molar-refractivity contribution in [3.8, 4) is 0 Å². The predicted octanol–water partition coefficient (Wildman–Crippen LogP) is 2.76. The van der Waals surface area contributed by atoms with E-state index in [1.807, 2.05) is 6.07 Å². The summed E-state index contributed by atoms with van der Waals surface area (Å²) in [4.78, 5) is 14.1. The summed E-state index contributed by atoms with van der Waals surface area (Å²) in [6.07, 6.45) is 4.58. The van der Waals surface area contributed by atoms with E-state index in [0.717, 1.165) is 37.6 Å². The molecule has 3 rings (SSSR count). The third-order valence-corrected chi connectivity index (χ3v) is 4.63. The van der Waals surface area contributed by atoms with Crippen molar-refractivity contribution >= 4 is 17.4 Å². The Labute approximate surface area is 126 Å². The Kier molecular flexibility index (Phi) is 4.13. The van der Waals surface area contributed by atoms with Crippen LogP contribution in [0.5, 0.6) is 0 Å². The second-order valence-corrected chi connectivity index (χ2v) is 6.39. The average Bonchev–Trinajstić information content (AvgIpc) is 2.84. The van der Waals surface area contributed by atoms with Gasteiger partial charge in [-0.1, -0.05) is 18.5 Å². The van der Waals surface area contributed by atoms with Crippen LogP contribution >= 0.6 is 11.6 Å². The van der Waals surface area contributed by atoms with Crippen LogP contribution in [0.2, 0.25) is 5.15 Å². The van der Waals surface area contributed by atoms with Gasteiger partial charge in [0.15, 0.2) is 0 Å². The van der Waals surface area contributed by atoms with Gasteiger partial charge in [0.2, 0.25) is 0 Å². The minimum absolute atomic E-state index is 0.491. The fourth-order valence-corrected chi connectivity index (χ4v) is 3.64. The van der Waals surface area contributed by atoms with Gasteiger partial charge in [0.25, 0.3) is 0 Å². The van der Waals surface area contributed by atoms with E-state index in [2.05, 4.69) is 28.6 Å². The summed E-state index contributed by atoms with van der Waals surface area (Å²) >= 11 is 6.18. The van der Waals surface area contributed by atoms with Crippen LogP contribution in [0.3, 0.4) is 0 Å². The average molecular weight is 295 g/mol. The van der Waals surface area contributed by atoms with E-state index in [1.165, 1.54) is 19.4 Å². The number of anilines is 1. The van der Waals surface area contributed by atoms with Gasteiger partial charge in [-0.15, -0.1) is 0 Å². The SMILES string of the molecule is CCCc1nc(Cl)cc(N2CC3CCCN3CC2C)n1. The molecule has 5 heteroatoms. The monoisotopic (exact) mass is 294 g/mol. The molecule has 2 saturated heterocycles. The molecule has 2 atom stereocenters. The van der Waals surface area contributed by atoms with Crippen molar-refractivity contribution in [2.24, 2.45) is 0 Å². The number of aryl methyl sites for hydroxylation is 1. The first-order chi connectivity index (χ1) is 9.67. The van der Waals surface area contributed by atoms with E-state index in [1.54, 1.807) is 0 Å². The maximum absolute atomic E-state index is 6.18. The van der Waals surface area contributed by atoms with Crippen molar-refractivity contribution in [3.63, 3.8) is 0 Å². The van der Waals surface area contributed by atoms with Crippen molar-refractivity contribution in [1.29, 1.82) is 0 Å². The van der Waals surface area contributed by atoms with E-state index in [-0.39, 0.29) is 0 Å². The Hall–Kier alpha value is -0.870. The maximum atomic E-state index is 6.18. The summed E-state index contributed by atoms with van der Waals surface area (Å²) in [5, 5.41) is 0.569. The van der Waals surface area contributed by atoms with Crippen LogP contribution in [0.25, 0.3) is 0 Å². The highest BCUT2D eigenvalue weighted by molar-refractivity contribution is 6.29. The van der Waals surface area contributed by atoms with E-state index in [9.17, 15) is 0 Å². The lowest BCUT2D eigenvalue weighted by atomic mass is 10.1. The van der Waals surface area contributed by atoms with Crippen LogP contribution in [-0.2, 0) is 6.42 Å². The topological polar surface area (TPSA) is 32.3 Å². The standard InChI is InChI=1S/C15H23ClN4/c1-3-5-14-17-13(16)8-15(18-14)20-10-12-6-4-7-19(12)9-11(20)2/h8,11-12H,3-7,9-10H2,1-2H3. The Morgan fingerprint density at radius 2 is 2.20 bits per heavy atom. The van der Waals surface area contributed by atoms with Gasteiger partial charge >= 0.3 is 0 Å². The lowest BCUT2D eigenvalue weighted by Crippen LogP contribution is -2.55. The molecule has 0 spiro atoms. The molecule has 0 N–H and O–H groups in total. The van der Waals surface area contributed by atoms with Crippen LogP contribution in [0.1, 0.15) is 38.9 Å². The summed E-state index contributed by atoms with van der Waals surface area (Å²) in [6, 6.07) is 3.10. The Morgan fingerprint density at radius 1 is 1.35 bits per heavy atom. The molecule has 3 heterocycles. The van der Waals surface area contributed by atoms with Crippen LogP contribution in [0.15, 0.2) is 6.07 Å². The predicted molar refractivity (Wildman–Crippen MR) is 82.4 cm³/mol. The zero-order valence-corrected chi connectivity index (χ0v) is 13.1. The van der Waals surface area contributed by atoms with Crippen molar-refractivity contribution in [1.82, 2.24) is 14.9 Å². The number of halogens is 1. The fraction of sp³-hybridized carbons (Fsp3) is 0.733. The smallest absolute Gasteiger partial charge is 0.134 e. The number of hydrogen-bond acceptors (Lipinski definition) is 4. The summed E-state index contributed by atoms with van der Waals surface area (Å²) in [5.41, 5.74) is 0. The largest absolute Gasteiger partial charge is 0.351 e. The van der Waals surface area contributed by atoms with Crippen LogP contribution in [0.4, 0.5) is 5.82 Å². The molecule has 0 amide bonds. The Bertz CT molecular complexity index is 479. The zero-order valence-electron chi connectivity index (χ0n) is 12.3. The minimum atomic E-state index is 0.491. The van der Waals surface area contributed by atoms with E-state index in [0.29, 0.717) is 17.2 Å². The Morgan fingerprint density at radius 3 is 3.00 bits per heavy atom. The molecule has 1 aromatic heterocycles. The van der Waals surface area contributed by atoms with Crippen molar-refractivity contribution < 1.29 is 0 Å². The van der Waals surface area contributed by atoms with Gasteiger partial charge < -0.3 is 4.90 Å². The van der Waals surface area contributed by atoms with Crippen molar-refractivity contribution in [3.05, 3.63) is 17.0 Å². The second-order valence-electron chi connectivity index (χ2n) is 6.01. The highest BCUT2D eigenvalue weighted by Gasteiger charge is 2.35. The zero-order chi connectivity index (χ0) is 14.1. The molecule has 1 aromatic rings. The number of hydrogen-bond donors (Lipinski definition) is 0. The lowest BCUT2D eigenvalue weighted by Gasteiger charge is -2.43. The van der Waals surface area contributed by atoms with Crippen molar-refractivity contribution in [2.75, 3.05) is 24.5 Å².